The molecule has 1 amide bonds. The Bertz CT molecular complexity index is 744. The van der Waals surface area contributed by atoms with Crippen LogP contribution in [0.4, 0.5) is 0 Å². The molecule has 128 valence electrons. The largest absolute Gasteiger partial charge is 0.379 e. The summed E-state index contributed by atoms with van der Waals surface area (Å²) in [4.78, 5) is 19.8. The Hall–Kier alpha value is -1.21. The van der Waals surface area contributed by atoms with Crippen LogP contribution in [-0.4, -0.2) is 50.2 Å². The minimum atomic E-state index is 0.0659. The Labute approximate surface area is 150 Å². The zero-order valence-corrected chi connectivity index (χ0v) is 15.5. The molecule has 4 nitrogen and oxygen atoms in total. The molecule has 0 radical (unpaired) electrons. The van der Waals surface area contributed by atoms with Gasteiger partial charge in [0, 0.05) is 46.4 Å². The molecule has 1 N–H and O–H groups in total. The molecule has 4 rings (SSSR count). The normalized spacial score (nSPS) is 17.4. The van der Waals surface area contributed by atoms with E-state index in [0.29, 0.717) is 6.54 Å². The molecule has 0 saturated carbocycles. The van der Waals surface area contributed by atoms with Crippen molar-refractivity contribution in [2.75, 3.05) is 39.4 Å². The fraction of sp³-hybridized carbons (Fsp3) is 0.500. The summed E-state index contributed by atoms with van der Waals surface area (Å²) in [5, 5.41) is 3.08. The summed E-state index contributed by atoms with van der Waals surface area (Å²) in [5.74, 6) is 0.0659. The van der Waals surface area contributed by atoms with E-state index in [2.05, 4.69) is 29.3 Å². The van der Waals surface area contributed by atoms with Crippen LogP contribution in [-0.2, 0) is 17.6 Å². The third-order valence-electron chi connectivity index (χ3n) is 4.65. The van der Waals surface area contributed by atoms with Crippen molar-refractivity contribution in [1.82, 2.24) is 10.2 Å². The number of carbonyl (C=O) groups excluding carboxylic acids is 1. The van der Waals surface area contributed by atoms with Crippen LogP contribution in [0.5, 0.6) is 0 Å². The number of fused-ring (bicyclic) bond motifs is 3. The lowest BCUT2D eigenvalue weighted by molar-refractivity contribution is 0.0383. The van der Waals surface area contributed by atoms with Crippen LogP contribution in [0, 0.1) is 6.92 Å². The second-order valence-electron chi connectivity index (χ2n) is 6.37. The van der Waals surface area contributed by atoms with E-state index < -0.39 is 0 Å². The van der Waals surface area contributed by atoms with E-state index in [1.807, 2.05) is 11.3 Å². The minimum absolute atomic E-state index is 0.0659. The highest BCUT2D eigenvalue weighted by molar-refractivity contribution is 7.18. The summed E-state index contributed by atoms with van der Waals surface area (Å²) in [6.45, 7) is 7.28. The molecule has 0 aromatic carbocycles. The van der Waals surface area contributed by atoms with Gasteiger partial charge < -0.3 is 10.1 Å². The summed E-state index contributed by atoms with van der Waals surface area (Å²) >= 11 is 3.54. The van der Waals surface area contributed by atoms with Gasteiger partial charge in [-0.05, 0) is 37.5 Å². The van der Waals surface area contributed by atoms with E-state index in [1.165, 1.54) is 25.8 Å². The zero-order chi connectivity index (χ0) is 16.5. The molecule has 2 aliphatic rings. The van der Waals surface area contributed by atoms with Crippen LogP contribution in [0.3, 0.4) is 0 Å². The fourth-order valence-corrected chi connectivity index (χ4v) is 5.66. The molecule has 2 aromatic heterocycles. The first-order chi connectivity index (χ1) is 11.7. The lowest BCUT2D eigenvalue weighted by atomic mass is 9.98. The van der Waals surface area contributed by atoms with E-state index >= 15 is 0 Å². The first-order valence-electron chi connectivity index (χ1n) is 8.51. The lowest BCUT2D eigenvalue weighted by Crippen LogP contribution is -2.41. The van der Waals surface area contributed by atoms with Crippen molar-refractivity contribution in [1.29, 1.82) is 0 Å². The molecule has 2 aromatic rings. The molecule has 0 spiro atoms. The molecule has 1 saturated heterocycles. The van der Waals surface area contributed by atoms with Crippen molar-refractivity contribution in [2.45, 2.75) is 19.8 Å². The number of nitrogens with one attached hydrogen (secondary N) is 1. The number of amides is 1. The fourth-order valence-electron chi connectivity index (χ4n) is 3.38. The van der Waals surface area contributed by atoms with Gasteiger partial charge in [0.2, 0.25) is 0 Å². The number of morpholine rings is 1. The Morgan fingerprint density at radius 3 is 2.92 bits per heavy atom. The Morgan fingerprint density at radius 2 is 2.08 bits per heavy atom. The average molecular weight is 363 g/mol. The average Bonchev–Trinajstić information content (AvgIpc) is 3.18. The van der Waals surface area contributed by atoms with E-state index in [0.717, 1.165) is 50.6 Å². The van der Waals surface area contributed by atoms with Gasteiger partial charge in [0.1, 0.15) is 0 Å². The Balaban J connectivity index is 1.40. The predicted molar refractivity (Wildman–Crippen MR) is 99.4 cm³/mol. The number of nitrogens with zero attached hydrogens (tertiary/aromatic N) is 1. The summed E-state index contributed by atoms with van der Waals surface area (Å²) in [5.41, 5.74) is 2.69. The second-order valence-corrected chi connectivity index (χ2v) is 8.76. The first kappa shape index (κ1) is 16.3. The monoisotopic (exact) mass is 362 g/mol. The van der Waals surface area contributed by atoms with Crippen LogP contribution < -0.4 is 5.32 Å². The highest BCUT2D eigenvalue weighted by Crippen LogP contribution is 2.43. The van der Waals surface area contributed by atoms with Gasteiger partial charge in [-0.1, -0.05) is 0 Å². The van der Waals surface area contributed by atoms with Gasteiger partial charge >= 0.3 is 0 Å². The summed E-state index contributed by atoms with van der Waals surface area (Å²) in [7, 11) is 0. The molecule has 1 aliphatic carbocycles. The quantitative estimate of drug-likeness (QED) is 0.909. The topological polar surface area (TPSA) is 41.6 Å². The van der Waals surface area contributed by atoms with Crippen molar-refractivity contribution in [2.24, 2.45) is 0 Å². The first-order valence-corrected chi connectivity index (χ1v) is 10.1. The SMILES string of the molecule is Cc1cc2c(s1)CCc1cc(C(=O)NCCN3CCOCC3)sc1-2. The number of hydrogen-bond acceptors (Lipinski definition) is 5. The molecule has 24 heavy (non-hydrogen) atoms. The van der Waals surface area contributed by atoms with Crippen molar-refractivity contribution in [3.8, 4) is 10.4 Å². The van der Waals surface area contributed by atoms with Crippen LogP contribution in [0.1, 0.15) is 25.0 Å². The number of hydrogen-bond donors (Lipinski definition) is 1. The third kappa shape index (κ3) is 3.28. The third-order valence-corrected chi connectivity index (χ3v) is 6.97. The van der Waals surface area contributed by atoms with Crippen LogP contribution >= 0.6 is 22.7 Å². The van der Waals surface area contributed by atoms with Gasteiger partial charge in [-0.2, -0.15) is 0 Å². The van der Waals surface area contributed by atoms with Crippen LogP contribution in [0.2, 0.25) is 0 Å². The van der Waals surface area contributed by atoms with Crippen molar-refractivity contribution < 1.29 is 9.53 Å². The standard InChI is InChI=1S/C18H22N2O2S2/c1-12-10-14-15(23-12)3-2-13-11-16(24-17(13)14)18(21)19-4-5-20-6-8-22-9-7-20/h10-11H,2-9H2,1H3,(H,19,21). The Morgan fingerprint density at radius 1 is 1.25 bits per heavy atom. The van der Waals surface area contributed by atoms with Crippen molar-refractivity contribution >= 4 is 28.6 Å². The van der Waals surface area contributed by atoms with Gasteiger partial charge in [0.15, 0.2) is 0 Å². The maximum atomic E-state index is 12.5. The van der Waals surface area contributed by atoms with E-state index in [9.17, 15) is 4.79 Å². The highest BCUT2D eigenvalue weighted by Gasteiger charge is 2.23. The van der Waals surface area contributed by atoms with E-state index in [-0.39, 0.29) is 5.91 Å². The zero-order valence-electron chi connectivity index (χ0n) is 13.9. The van der Waals surface area contributed by atoms with Gasteiger partial charge in [-0.25, -0.2) is 0 Å². The summed E-state index contributed by atoms with van der Waals surface area (Å²) in [6.07, 6.45) is 2.16. The number of ether oxygens (including phenoxy) is 1. The lowest BCUT2D eigenvalue weighted by Gasteiger charge is -2.26. The molecule has 0 unspecified atom stereocenters. The summed E-state index contributed by atoms with van der Waals surface area (Å²) in [6, 6.07) is 4.37. The van der Waals surface area contributed by atoms with Gasteiger partial charge in [0.25, 0.3) is 5.91 Å². The van der Waals surface area contributed by atoms with Gasteiger partial charge in [-0.3, -0.25) is 9.69 Å². The number of aryl methyl sites for hydroxylation is 3. The predicted octanol–water partition coefficient (Wildman–Crippen LogP) is 2.95. The van der Waals surface area contributed by atoms with Gasteiger partial charge in [-0.15, -0.1) is 22.7 Å². The second kappa shape index (κ2) is 6.96. The van der Waals surface area contributed by atoms with E-state index in [4.69, 9.17) is 4.74 Å². The summed E-state index contributed by atoms with van der Waals surface area (Å²) < 4.78 is 5.35. The molecule has 1 aliphatic heterocycles. The van der Waals surface area contributed by atoms with Gasteiger partial charge in [0.05, 0.1) is 18.1 Å². The molecule has 3 heterocycles. The van der Waals surface area contributed by atoms with Crippen molar-refractivity contribution in [3.63, 3.8) is 0 Å². The molecule has 6 heteroatoms. The Kier molecular flexibility index (Phi) is 4.72. The van der Waals surface area contributed by atoms with E-state index in [1.54, 1.807) is 11.3 Å². The number of thiophene rings is 2. The highest BCUT2D eigenvalue weighted by atomic mass is 32.1. The minimum Gasteiger partial charge on any atom is -0.379 e. The molecule has 0 bridgehead atoms. The maximum absolute atomic E-state index is 12.5. The molecular weight excluding hydrogens is 340 g/mol. The van der Waals surface area contributed by atoms with Crippen LogP contribution in [0.15, 0.2) is 12.1 Å². The van der Waals surface area contributed by atoms with Crippen LogP contribution in [0.25, 0.3) is 10.4 Å². The maximum Gasteiger partial charge on any atom is 0.261 e. The molecular formula is C18H22N2O2S2. The molecule has 0 atom stereocenters. The smallest absolute Gasteiger partial charge is 0.261 e. The number of carbonyl (C=O) groups is 1. The molecule has 1 fully saturated rings. The van der Waals surface area contributed by atoms with Crippen molar-refractivity contribution in [3.05, 3.63) is 32.3 Å². The number of rotatable bonds is 4.